The Morgan fingerprint density at radius 2 is 2.07 bits per heavy atom. The van der Waals surface area contributed by atoms with Gasteiger partial charge in [-0.1, -0.05) is 42.8 Å². The lowest BCUT2D eigenvalue weighted by Gasteiger charge is -2.07. The molecule has 0 aliphatic heterocycles. The van der Waals surface area contributed by atoms with E-state index in [1.807, 2.05) is 13.0 Å². The molecule has 2 heteroatoms. The molecule has 15 heavy (non-hydrogen) atoms. The maximum atomic E-state index is 4.81. The molecular weight excluding hydrogens is 186 g/mol. The fraction of sp³-hybridized carbons (Fsp3) is 0.462. The average molecular weight is 205 g/mol. The van der Waals surface area contributed by atoms with E-state index in [4.69, 9.17) is 4.84 Å². The van der Waals surface area contributed by atoms with Crippen molar-refractivity contribution in [3.63, 3.8) is 0 Å². The van der Waals surface area contributed by atoms with Crippen LogP contribution in [0.15, 0.2) is 29.4 Å². The lowest BCUT2D eigenvalue weighted by atomic mass is 9.99. The molecule has 0 amide bonds. The molecule has 0 radical (unpaired) electrons. The Labute approximate surface area is 91.9 Å². The molecule has 0 bridgehead atoms. The molecule has 0 fully saturated rings. The van der Waals surface area contributed by atoms with E-state index in [1.165, 1.54) is 24.0 Å². The molecule has 0 saturated carbocycles. The largest absolute Gasteiger partial charge is 0.399 e. The topological polar surface area (TPSA) is 21.6 Å². The first kappa shape index (κ1) is 11.8. The highest BCUT2D eigenvalue weighted by molar-refractivity contribution is 5.99. The van der Waals surface area contributed by atoms with Gasteiger partial charge in [-0.2, -0.15) is 0 Å². The average Bonchev–Trinajstić information content (AvgIpc) is 2.27. The number of hydrogen-bond acceptors (Lipinski definition) is 2. The fourth-order valence-corrected chi connectivity index (χ4v) is 1.64. The van der Waals surface area contributed by atoms with Crippen LogP contribution in [0.1, 0.15) is 37.8 Å². The van der Waals surface area contributed by atoms with Crippen LogP contribution in [-0.2, 0) is 11.3 Å². The van der Waals surface area contributed by atoms with Crippen molar-refractivity contribution in [1.29, 1.82) is 0 Å². The minimum Gasteiger partial charge on any atom is -0.399 e. The molecule has 1 rings (SSSR count). The first-order valence-corrected chi connectivity index (χ1v) is 5.45. The van der Waals surface area contributed by atoms with E-state index < -0.39 is 0 Å². The van der Waals surface area contributed by atoms with Crippen LogP contribution in [0.5, 0.6) is 0 Å². The Kier molecular flexibility index (Phi) is 4.88. The van der Waals surface area contributed by atoms with Gasteiger partial charge >= 0.3 is 0 Å². The van der Waals surface area contributed by atoms with Crippen LogP contribution in [0.4, 0.5) is 0 Å². The van der Waals surface area contributed by atoms with Gasteiger partial charge in [-0.05, 0) is 25.3 Å². The number of unbranched alkanes of at least 4 members (excludes halogenated alkanes) is 1. The zero-order chi connectivity index (χ0) is 11.1. The first-order chi connectivity index (χ1) is 7.29. The molecule has 1 aromatic carbocycles. The Bertz CT molecular complexity index is 331. The monoisotopic (exact) mass is 205 g/mol. The van der Waals surface area contributed by atoms with Crippen LogP contribution in [0, 0.1) is 0 Å². The van der Waals surface area contributed by atoms with Crippen molar-refractivity contribution >= 4 is 5.71 Å². The Hall–Kier alpha value is -1.31. The minimum atomic E-state index is 0.948. The Balaban J connectivity index is 2.90. The van der Waals surface area contributed by atoms with E-state index in [-0.39, 0.29) is 0 Å². The molecule has 82 valence electrons. The van der Waals surface area contributed by atoms with E-state index >= 15 is 0 Å². The maximum absolute atomic E-state index is 4.81. The predicted octanol–water partition coefficient (Wildman–Crippen LogP) is 3.40. The summed E-state index contributed by atoms with van der Waals surface area (Å²) >= 11 is 0. The molecule has 0 heterocycles. The highest BCUT2D eigenvalue weighted by atomic mass is 16.6. The van der Waals surface area contributed by atoms with E-state index in [9.17, 15) is 0 Å². The van der Waals surface area contributed by atoms with Gasteiger partial charge in [-0.15, -0.1) is 0 Å². The Morgan fingerprint density at radius 3 is 2.73 bits per heavy atom. The molecule has 0 aromatic heterocycles. The lowest BCUT2D eigenvalue weighted by Crippen LogP contribution is -2.01. The number of benzene rings is 1. The second-order valence-electron chi connectivity index (χ2n) is 3.62. The van der Waals surface area contributed by atoms with Crippen LogP contribution in [-0.4, -0.2) is 12.8 Å². The highest BCUT2D eigenvalue weighted by Crippen LogP contribution is 2.13. The van der Waals surface area contributed by atoms with Gasteiger partial charge in [0.15, 0.2) is 0 Å². The van der Waals surface area contributed by atoms with Gasteiger partial charge < -0.3 is 4.84 Å². The van der Waals surface area contributed by atoms with Gasteiger partial charge in [0, 0.05) is 5.56 Å². The summed E-state index contributed by atoms with van der Waals surface area (Å²) < 4.78 is 0. The van der Waals surface area contributed by atoms with Crippen molar-refractivity contribution in [2.24, 2.45) is 5.16 Å². The van der Waals surface area contributed by atoms with Gasteiger partial charge in [0.1, 0.15) is 7.11 Å². The van der Waals surface area contributed by atoms with Crippen LogP contribution in [0.25, 0.3) is 0 Å². The van der Waals surface area contributed by atoms with Crippen molar-refractivity contribution in [3.05, 3.63) is 35.4 Å². The summed E-state index contributed by atoms with van der Waals surface area (Å²) in [5.41, 5.74) is 3.51. The third kappa shape index (κ3) is 3.39. The minimum absolute atomic E-state index is 0.948. The highest BCUT2D eigenvalue weighted by Gasteiger charge is 2.04. The Morgan fingerprint density at radius 1 is 1.33 bits per heavy atom. The van der Waals surface area contributed by atoms with Crippen molar-refractivity contribution in [2.45, 2.75) is 33.1 Å². The molecule has 0 aliphatic carbocycles. The summed E-state index contributed by atoms with van der Waals surface area (Å²) in [5.74, 6) is 0. The first-order valence-electron chi connectivity index (χ1n) is 5.45. The zero-order valence-corrected chi connectivity index (χ0v) is 9.79. The van der Waals surface area contributed by atoms with E-state index in [1.54, 1.807) is 7.11 Å². The molecule has 0 spiro atoms. The van der Waals surface area contributed by atoms with Crippen LogP contribution < -0.4 is 0 Å². The lowest BCUT2D eigenvalue weighted by molar-refractivity contribution is 0.213. The summed E-state index contributed by atoms with van der Waals surface area (Å²) in [7, 11) is 1.58. The quantitative estimate of drug-likeness (QED) is 0.533. The summed E-state index contributed by atoms with van der Waals surface area (Å²) in [4.78, 5) is 4.81. The van der Waals surface area contributed by atoms with E-state index in [0.29, 0.717) is 0 Å². The summed E-state index contributed by atoms with van der Waals surface area (Å²) in [5, 5.41) is 3.98. The maximum Gasteiger partial charge on any atom is 0.106 e. The number of oxime groups is 1. The molecule has 0 aliphatic rings. The molecule has 0 saturated heterocycles. The van der Waals surface area contributed by atoms with Gasteiger partial charge in [-0.3, -0.25) is 0 Å². The molecule has 1 aromatic rings. The van der Waals surface area contributed by atoms with Crippen LogP contribution >= 0.6 is 0 Å². The fourth-order valence-electron chi connectivity index (χ4n) is 1.64. The summed E-state index contributed by atoms with van der Waals surface area (Å²) in [6.07, 6.45) is 3.55. The second kappa shape index (κ2) is 6.23. The summed E-state index contributed by atoms with van der Waals surface area (Å²) in [6.45, 7) is 4.19. The molecule has 0 unspecified atom stereocenters. The van der Waals surface area contributed by atoms with Crippen LogP contribution in [0.3, 0.4) is 0 Å². The van der Waals surface area contributed by atoms with E-state index in [0.717, 1.165) is 12.1 Å². The van der Waals surface area contributed by atoms with Crippen molar-refractivity contribution in [3.8, 4) is 0 Å². The van der Waals surface area contributed by atoms with Crippen molar-refractivity contribution in [1.82, 2.24) is 0 Å². The van der Waals surface area contributed by atoms with Gasteiger partial charge in [0.05, 0.1) is 5.71 Å². The van der Waals surface area contributed by atoms with E-state index in [2.05, 4.69) is 30.3 Å². The normalized spacial score (nSPS) is 11.5. The number of aryl methyl sites for hydroxylation is 1. The van der Waals surface area contributed by atoms with Crippen LogP contribution in [0.2, 0.25) is 0 Å². The van der Waals surface area contributed by atoms with Gasteiger partial charge in [0.25, 0.3) is 0 Å². The molecular formula is C13H19NO. The van der Waals surface area contributed by atoms with Gasteiger partial charge in [-0.25, -0.2) is 0 Å². The smallest absolute Gasteiger partial charge is 0.106 e. The standard InChI is InChI=1S/C13H19NO/c1-4-5-8-12-9-6-7-10-13(12)11(2)14-15-3/h6-7,9-10H,4-5,8H2,1-3H3/b14-11+. The zero-order valence-electron chi connectivity index (χ0n) is 9.79. The summed E-state index contributed by atoms with van der Waals surface area (Å²) in [6, 6.07) is 8.39. The van der Waals surface area contributed by atoms with Crippen molar-refractivity contribution < 1.29 is 4.84 Å². The number of nitrogens with zero attached hydrogens (tertiary/aromatic N) is 1. The third-order valence-corrected chi connectivity index (χ3v) is 2.44. The number of hydrogen-bond donors (Lipinski definition) is 0. The molecule has 2 nitrogen and oxygen atoms in total. The molecule has 0 atom stereocenters. The third-order valence-electron chi connectivity index (χ3n) is 2.44. The second-order valence-corrected chi connectivity index (χ2v) is 3.62. The predicted molar refractivity (Wildman–Crippen MR) is 64.3 cm³/mol. The number of rotatable bonds is 5. The van der Waals surface area contributed by atoms with Gasteiger partial charge in [0.2, 0.25) is 0 Å². The molecule has 0 N–H and O–H groups in total. The SMILES string of the molecule is CCCCc1ccccc1/C(C)=N/OC. The van der Waals surface area contributed by atoms with Crippen molar-refractivity contribution in [2.75, 3.05) is 7.11 Å².